The van der Waals surface area contributed by atoms with Crippen molar-refractivity contribution in [2.75, 3.05) is 7.05 Å². The second-order valence-corrected chi connectivity index (χ2v) is 3.63. The van der Waals surface area contributed by atoms with Crippen LogP contribution in [-0.2, 0) is 0 Å². The minimum absolute atomic E-state index is 0.162. The molecule has 2 N–H and O–H groups in total. The van der Waals surface area contributed by atoms with Crippen molar-refractivity contribution in [3.63, 3.8) is 0 Å². The molecule has 4 nitrogen and oxygen atoms in total. The SMILES string of the molecule is CNC(C)c1coc(-c2ccc(O)cc2)n1. The minimum Gasteiger partial charge on any atom is -0.508 e. The number of benzene rings is 1. The fourth-order valence-corrected chi connectivity index (χ4v) is 1.37. The van der Waals surface area contributed by atoms with Crippen LogP contribution in [0.5, 0.6) is 5.75 Å². The zero-order valence-electron chi connectivity index (χ0n) is 9.27. The van der Waals surface area contributed by atoms with Crippen LogP contribution in [0.2, 0.25) is 0 Å². The average Bonchev–Trinajstić information content (AvgIpc) is 2.78. The molecule has 4 heteroatoms. The van der Waals surface area contributed by atoms with Crippen molar-refractivity contribution in [2.45, 2.75) is 13.0 Å². The lowest BCUT2D eigenvalue weighted by molar-refractivity contribution is 0.475. The van der Waals surface area contributed by atoms with Crippen molar-refractivity contribution in [1.82, 2.24) is 10.3 Å². The topological polar surface area (TPSA) is 58.3 Å². The summed E-state index contributed by atoms with van der Waals surface area (Å²) in [7, 11) is 1.87. The lowest BCUT2D eigenvalue weighted by Crippen LogP contribution is -2.12. The van der Waals surface area contributed by atoms with Crippen molar-refractivity contribution < 1.29 is 9.52 Å². The molecule has 0 aliphatic heterocycles. The van der Waals surface area contributed by atoms with Crippen LogP contribution in [-0.4, -0.2) is 17.1 Å². The Hall–Kier alpha value is -1.81. The summed E-state index contributed by atoms with van der Waals surface area (Å²) in [5.74, 6) is 0.802. The maximum absolute atomic E-state index is 9.17. The Balaban J connectivity index is 2.28. The van der Waals surface area contributed by atoms with Crippen LogP contribution < -0.4 is 5.32 Å². The molecule has 0 bridgehead atoms. The number of phenols is 1. The number of hydrogen-bond acceptors (Lipinski definition) is 4. The Morgan fingerprint density at radius 1 is 1.31 bits per heavy atom. The molecule has 1 unspecified atom stereocenters. The predicted molar refractivity (Wildman–Crippen MR) is 61.1 cm³/mol. The molecular weight excluding hydrogens is 204 g/mol. The van der Waals surface area contributed by atoms with Crippen LogP contribution in [0, 0.1) is 0 Å². The molecule has 16 heavy (non-hydrogen) atoms. The highest BCUT2D eigenvalue weighted by Crippen LogP contribution is 2.22. The number of aromatic nitrogens is 1. The van der Waals surface area contributed by atoms with E-state index in [2.05, 4.69) is 10.3 Å². The van der Waals surface area contributed by atoms with Gasteiger partial charge in [0.25, 0.3) is 0 Å². The molecule has 0 fully saturated rings. The third kappa shape index (κ3) is 2.06. The van der Waals surface area contributed by atoms with Crippen molar-refractivity contribution in [2.24, 2.45) is 0 Å². The quantitative estimate of drug-likeness (QED) is 0.830. The smallest absolute Gasteiger partial charge is 0.226 e. The second kappa shape index (κ2) is 4.37. The van der Waals surface area contributed by atoms with E-state index in [1.54, 1.807) is 30.5 Å². The molecular formula is C12H14N2O2. The van der Waals surface area contributed by atoms with Gasteiger partial charge in [-0.05, 0) is 38.2 Å². The molecule has 0 saturated heterocycles. The molecule has 0 aliphatic carbocycles. The number of rotatable bonds is 3. The van der Waals surface area contributed by atoms with Crippen molar-refractivity contribution in [1.29, 1.82) is 0 Å². The molecule has 2 aromatic rings. The van der Waals surface area contributed by atoms with Crippen LogP contribution in [0.1, 0.15) is 18.7 Å². The Morgan fingerprint density at radius 3 is 2.62 bits per heavy atom. The normalized spacial score (nSPS) is 12.6. The maximum Gasteiger partial charge on any atom is 0.226 e. The predicted octanol–water partition coefficient (Wildman–Crippen LogP) is 2.33. The fourth-order valence-electron chi connectivity index (χ4n) is 1.37. The lowest BCUT2D eigenvalue weighted by Gasteiger charge is -2.03. The molecule has 1 atom stereocenters. The third-order valence-electron chi connectivity index (χ3n) is 2.51. The highest BCUT2D eigenvalue weighted by Gasteiger charge is 2.10. The first kappa shape index (κ1) is 10.7. The monoisotopic (exact) mass is 218 g/mol. The third-order valence-corrected chi connectivity index (χ3v) is 2.51. The van der Waals surface area contributed by atoms with Gasteiger partial charge in [0.2, 0.25) is 5.89 Å². The second-order valence-electron chi connectivity index (χ2n) is 3.63. The molecule has 0 saturated carbocycles. The largest absolute Gasteiger partial charge is 0.508 e. The average molecular weight is 218 g/mol. The number of nitrogens with one attached hydrogen (secondary N) is 1. The highest BCUT2D eigenvalue weighted by atomic mass is 16.3. The van der Waals surface area contributed by atoms with Crippen LogP contribution in [0.3, 0.4) is 0 Å². The minimum atomic E-state index is 0.162. The number of aromatic hydroxyl groups is 1. The van der Waals surface area contributed by atoms with Crippen molar-refractivity contribution in [3.8, 4) is 17.2 Å². The molecule has 0 aliphatic rings. The first-order valence-electron chi connectivity index (χ1n) is 5.13. The first-order valence-corrected chi connectivity index (χ1v) is 5.13. The zero-order chi connectivity index (χ0) is 11.5. The van der Waals surface area contributed by atoms with Crippen LogP contribution >= 0.6 is 0 Å². The van der Waals surface area contributed by atoms with Gasteiger partial charge >= 0.3 is 0 Å². The highest BCUT2D eigenvalue weighted by molar-refractivity contribution is 5.54. The van der Waals surface area contributed by atoms with Gasteiger partial charge in [-0.3, -0.25) is 0 Å². The molecule has 0 radical (unpaired) electrons. The van der Waals surface area contributed by atoms with Gasteiger partial charge in [-0.2, -0.15) is 0 Å². The van der Waals surface area contributed by atoms with Crippen molar-refractivity contribution in [3.05, 3.63) is 36.2 Å². The summed E-state index contributed by atoms with van der Waals surface area (Å²) >= 11 is 0. The number of oxazole rings is 1. The van der Waals surface area contributed by atoms with Gasteiger partial charge in [0.15, 0.2) is 0 Å². The standard InChI is InChI=1S/C12H14N2O2/c1-8(13-2)11-7-16-12(14-11)9-3-5-10(15)6-4-9/h3-8,13,15H,1-2H3. The summed E-state index contributed by atoms with van der Waals surface area (Å²) < 4.78 is 5.38. The van der Waals surface area contributed by atoms with E-state index in [0.717, 1.165) is 11.3 Å². The van der Waals surface area contributed by atoms with Gasteiger partial charge < -0.3 is 14.8 Å². The van der Waals surface area contributed by atoms with Gasteiger partial charge in [-0.25, -0.2) is 4.98 Å². The summed E-state index contributed by atoms with van der Waals surface area (Å²) in [6, 6.07) is 6.93. The number of hydrogen-bond donors (Lipinski definition) is 2. The molecule has 84 valence electrons. The van der Waals surface area contributed by atoms with Crippen LogP contribution in [0.25, 0.3) is 11.5 Å². The molecule has 1 aromatic heterocycles. The lowest BCUT2D eigenvalue weighted by atomic mass is 10.2. The van der Waals surface area contributed by atoms with Gasteiger partial charge in [0, 0.05) is 11.6 Å². The van der Waals surface area contributed by atoms with Crippen LogP contribution in [0.4, 0.5) is 0 Å². The van der Waals surface area contributed by atoms with Gasteiger partial charge in [0.05, 0.1) is 5.69 Å². The van der Waals surface area contributed by atoms with Gasteiger partial charge in [-0.15, -0.1) is 0 Å². The van der Waals surface area contributed by atoms with E-state index in [4.69, 9.17) is 4.42 Å². The molecule has 1 heterocycles. The van der Waals surface area contributed by atoms with E-state index >= 15 is 0 Å². The summed E-state index contributed by atoms with van der Waals surface area (Å²) in [6.45, 7) is 2.01. The molecule has 0 amide bonds. The summed E-state index contributed by atoms with van der Waals surface area (Å²) in [5.41, 5.74) is 1.72. The Morgan fingerprint density at radius 2 is 2.00 bits per heavy atom. The zero-order valence-corrected chi connectivity index (χ0v) is 9.27. The summed E-state index contributed by atoms with van der Waals surface area (Å²) in [4.78, 5) is 4.37. The van der Waals surface area contributed by atoms with Gasteiger partial charge in [-0.1, -0.05) is 0 Å². The Bertz CT molecular complexity index is 462. The maximum atomic E-state index is 9.17. The van der Waals surface area contributed by atoms with Crippen molar-refractivity contribution >= 4 is 0 Å². The Labute approximate surface area is 93.9 Å². The van der Waals surface area contributed by atoms with E-state index < -0.39 is 0 Å². The molecule has 0 spiro atoms. The summed E-state index contributed by atoms with van der Waals surface area (Å²) in [5, 5.41) is 12.3. The van der Waals surface area contributed by atoms with E-state index in [9.17, 15) is 5.11 Å². The van der Waals surface area contributed by atoms with E-state index in [-0.39, 0.29) is 11.8 Å². The van der Waals surface area contributed by atoms with Crippen LogP contribution in [0.15, 0.2) is 34.9 Å². The van der Waals surface area contributed by atoms with E-state index in [0.29, 0.717) is 5.89 Å². The number of nitrogens with zero attached hydrogens (tertiary/aromatic N) is 1. The van der Waals surface area contributed by atoms with Gasteiger partial charge in [0.1, 0.15) is 12.0 Å². The molecule has 1 aromatic carbocycles. The Kier molecular flexibility index (Phi) is 2.92. The number of phenolic OH excluding ortho intramolecular Hbond substituents is 1. The van der Waals surface area contributed by atoms with E-state index in [1.165, 1.54) is 0 Å². The fraction of sp³-hybridized carbons (Fsp3) is 0.250. The van der Waals surface area contributed by atoms with E-state index in [1.807, 2.05) is 14.0 Å². The summed E-state index contributed by atoms with van der Waals surface area (Å²) in [6.07, 6.45) is 1.64. The molecule has 2 rings (SSSR count). The first-order chi connectivity index (χ1) is 7.70.